The highest BCUT2D eigenvalue weighted by Gasteiger charge is 2.43. The molecule has 11 heavy (non-hydrogen) atoms. The van der Waals surface area contributed by atoms with E-state index in [-0.39, 0.29) is 11.0 Å². The van der Waals surface area contributed by atoms with Gasteiger partial charge in [0, 0.05) is 11.8 Å². The first kappa shape index (κ1) is 8.57. The maximum atomic E-state index is 5.41. The fourth-order valence-corrected chi connectivity index (χ4v) is 1.13. The van der Waals surface area contributed by atoms with E-state index in [2.05, 4.69) is 32.9 Å². The molecule has 0 radical (unpaired) electrons. The van der Waals surface area contributed by atoms with Crippen LogP contribution < -0.4 is 0 Å². The molecule has 0 saturated carbocycles. The van der Waals surface area contributed by atoms with Crippen molar-refractivity contribution in [2.24, 2.45) is 10.6 Å². The van der Waals surface area contributed by atoms with Crippen LogP contribution in [0.2, 0.25) is 0 Å². The predicted octanol–water partition coefficient (Wildman–Crippen LogP) is 2.59. The zero-order chi connectivity index (χ0) is 8.70. The molecule has 1 atom stereocenters. The molecule has 0 aliphatic carbocycles. The van der Waals surface area contributed by atoms with E-state index in [1.54, 1.807) is 0 Å². The minimum Gasteiger partial charge on any atom is -0.389 e. The number of hydrogen-bond acceptors (Lipinski definition) is 2. The minimum atomic E-state index is -0.100. The Hall–Kier alpha value is -0.530. The quantitative estimate of drug-likeness (QED) is 0.527. The summed E-state index contributed by atoms with van der Waals surface area (Å²) in [6, 6.07) is 0. The Kier molecular flexibility index (Phi) is 1.73. The van der Waals surface area contributed by atoms with Crippen molar-refractivity contribution >= 4 is 5.71 Å². The number of hydrogen-bond donors (Lipinski definition) is 0. The fraction of sp³-hybridized carbons (Fsp3) is 0.889. The van der Waals surface area contributed by atoms with Gasteiger partial charge in [0.15, 0.2) is 0 Å². The maximum absolute atomic E-state index is 5.41. The van der Waals surface area contributed by atoms with Gasteiger partial charge in [-0.05, 0) is 13.8 Å². The summed E-state index contributed by atoms with van der Waals surface area (Å²) in [6.45, 7) is 10.7. The van der Waals surface area contributed by atoms with Gasteiger partial charge >= 0.3 is 0 Å². The second-order valence-electron chi connectivity index (χ2n) is 4.58. The summed E-state index contributed by atoms with van der Waals surface area (Å²) in [5.41, 5.74) is 1.16. The lowest BCUT2D eigenvalue weighted by molar-refractivity contribution is -0.0810. The van der Waals surface area contributed by atoms with Crippen molar-refractivity contribution in [3.05, 3.63) is 0 Å². The van der Waals surface area contributed by atoms with Crippen molar-refractivity contribution < 1.29 is 4.84 Å². The van der Waals surface area contributed by atoms with Crippen LogP contribution in [-0.2, 0) is 4.84 Å². The molecule has 0 aromatic rings. The van der Waals surface area contributed by atoms with Crippen LogP contribution in [0.4, 0.5) is 0 Å². The highest BCUT2D eigenvalue weighted by atomic mass is 16.7. The standard InChI is InChI=1S/C9H17NO/c1-7-6-9(5,11-10-7)8(2,3)4/h6H2,1-5H3. The van der Waals surface area contributed by atoms with Crippen molar-refractivity contribution in [1.82, 2.24) is 0 Å². The molecule has 0 fully saturated rings. The number of nitrogens with zero attached hydrogens (tertiary/aromatic N) is 1. The van der Waals surface area contributed by atoms with Crippen LogP contribution in [0.1, 0.15) is 41.0 Å². The van der Waals surface area contributed by atoms with Gasteiger partial charge in [-0.3, -0.25) is 0 Å². The number of oxime groups is 1. The van der Waals surface area contributed by atoms with E-state index in [0.717, 1.165) is 12.1 Å². The van der Waals surface area contributed by atoms with Crippen LogP contribution >= 0.6 is 0 Å². The zero-order valence-corrected chi connectivity index (χ0v) is 8.06. The van der Waals surface area contributed by atoms with Gasteiger partial charge in [0.25, 0.3) is 0 Å². The van der Waals surface area contributed by atoms with E-state index in [4.69, 9.17) is 4.84 Å². The predicted molar refractivity (Wildman–Crippen MR) is 46.7 cm³/mol. The number of rotatable bonds is 0. The van der Waals surface area contributed by atoms with Crippen LogP contribution in [0.5, 0.6) is 0 Å². The summed E-state index contributed by atoms with van der Waals surface area (Å²) in [7, 11) is 0. The summed E-state index contributed by atoms with van der Waals surface area (Å²) in [4.78, 5) is 5.41. The van der Waals surface area contributed by atoms with E-state index < -0.39 is 0 Å². The summed E-state index contributed by atoms with van der Waals surface area (Å²) < 4.78 is 0. The Morgan fingerprint density at radius 3 is 2.18 bits per heavy atom. The third kappa shape index (κ3) is 1.39. The Bertz CT molecular complexity index is 190. The minimum absolute atomic E-state index is 0.100. The van der Waals surface area contributed by atoms with E-state index in [1.807, 2.05) is 6.92 Å². The van der Waals surface area contributed by atoms with Crippen LogP contribution in [0.25, 0.3) is 0 Å². The summed E-state index contributed by atoms with van der Waals surface area (Å²) in [5.74, 6) is 0. The molecule has 1 aliphatic rings. The molecule has 64 valence electrons. The molecular formula is C9H17NO. The fourth-order valence-electron chi connectivity index (χ4n) is 1.13. The molecule has 0 N–H and O–H groups in total. The van der Waals surface area contributed by atoms with Gasteiger partial charge in [-0.1, -0.05) is 25.9 Å². The Labute approximate surface area is 68.6 Å². The summed E-state index contributed by atoms with van der Waals surface area (Å²) in [5, 5.41) is 3.97. The molecule has 1 rings (SSSR count). The average molecular weight is 155 g/mol. The molecule has 0 spiro atoms. The lowest BCUT2D eigenvalue weighted by atomic mass is 9.75. The van der Waals surface area contributed by atoms with E-state index in [1.165, 1.54) is 0 Å². The van der Waals surface area contributed by atoms with Crippen LogP contribution in [0.15, 0.2) is 5.16 Å². The summed E-state index contributed by atoms with van der Waals surface area (Å²) in [6.07, 6.45) is 0.955. The molecule has 1 unspecified atom stereocenters. The van der Waals surface area contributed by atoms with Gasteiger partial charge in [-0.2, -0.15) is 0 Å². The molecule has 1 heterocycles. The second kappa shape index (κ2) is 2.23. The van der Waals surface area contributed by atoms with Gasteiger partial charge in [-0.15, -0.1) is 0 Å². The van der Waals surface area contributed by atoms with E-state index >= 15 is 0 Å². The van der Waals surface area contributed by atoms with Crippen LogP contribution in [0.3, 0.4) is 0 Å². The van der Waals surface area contributed by atoms with Crippen LogP contribution in [0, 0.1) is 5.41 Å². The normalized spacial score (nSPS) is 31.5. The van der Waals surface area contributed by atoms with Gasteiger partial charge in [0.05, 0.1) is 5.71 Å². The monoisotopic (exact) mass is 155 g/mol. The smallest absolute Gasteiger partial charge is 0.145 e. The molecule has 0 bridgehead atoms. The SMILES string of the molecule is CC1=NOC(C)(C(C)(C)C)C1. The van der Waals surface area contributed by atoms with Crippen molar-refractivity contribution in [2.75, 3.05) is 0 Å². The molecule has 0 amide bonds. The maximum Gasteiger partial charge on any atom is 0.145 e. The van der Waals surface area contributed by atoms with Crippen molar-refractivity contribution in [1.29, 1.82) is 0 Å². The Morgan fingerprint density at radius 1 is 1.45 bits per heavy atom. The van der Waals surface area contributed by atoms with Gasteiger partial charge in [0.1, 0.15) is 5.60 Å². The van der Waals surface area contributed by atoms with Gasteiger partial charge in [-0.25, -0.2) is 0 Å². The third-order valence-corrected chi connectivity index (χ3v) is 2.58. The third-order valence-electron chi connectivity index (χ3n) is 2.58. The first-order chi connectivity index (χ1) is 4.85. The molecule has 0 aromatic heterocycles. The first-order valence-electron chi connectivity index (χ1n) is 4.07. The average Bonchev–Trinajstić information content (AvgIpc) is 2.10. The molecule has 0 saturated heterocycles. The lowest BCUT2D eigenvalue weighted by Crippen LogP contribution is -2.39. The largest absolute Gasteiger partial charge is 0.389 e. The second-order valence-corrected chi connectivity index (χ2v) is 4.58. The molecular weight excluding hydrogens is 138 g/mol. The highest BCUT2D eigenvalue weighted by Crippen LogP contribution is 2.39. The van der Waals surface area contributed by atoms with Crippen molar-refractivity contribution in [3.63, 3.8) is 0 Å². The molecule has 1 aliphatic heterocycles. The van der Waals surface area contributed by atoms with Crippen molar-refractivity contribution in [3.8, 4) is 0 Å². The van der Waals surface area contributed by atoms with Gasteiger partial charge in [0.2, 0.25) is 0 Å². The van der Waals surface area contributed by atoms with Crippen LogP contribution in [-0.4, -0.2) is 11.3 Å². The van der Waals surface area contributed by atoms with E-state index in [0.29, 0.717) is 0 Å². The first-order valence-corrected chi connectivity index (χ1v) is 4.07. The van der Waals surface area contributed by atoms with Crippen molar-refractivity contribution in [2.45, 2.75) is 46.6 Å². The Morgan fingerprint density at radius 2 is 2.00 bits per heavy atom. The van der Waals surface area contributed by atoms with E-state index in [9.17, 15) is 0 Å². The zero-order valence-electron chi connectivity index (χ0n) is 8.06. The molecule has 2 heteroatoms. The highest BCUT2D eigenvalue weighted by molar-refractivity contribution is 5.83. The lowest BCUT2D eigenvalue weighted by Gasteiger charge is -2.35. The topological polar surface area (TPSA) is 21.6 Å². The molecule has 0 aromatic carbocycles. The summed E-state index contributed by atoms with van der Waals surface area (Å²) >= 11 is 0. The Balaban J connectivity index is 2.74. The van der Waals surface area contributed by atoms with Gasteiger partial charge < -0.3 is 4.84 Å². The molecule has 2 nitrogen and oxygen atoms in total.